The van der Waals surface area contributed by atoms with E-state index in [0.717, 1.165) is 12.2 Å². The Bertz CT molecular complexity index is 784. The summed E-state index contributed by atoms with van der Waals surface area (Å²) >= 11 is 6.12. The molecule has 2 aromatic carbocycles. The summed E-state index contributed by atoms with van der Waals surface area (Å²) in [5, 5.41) is 9.25. The molecule has 0 atom stereocenters. The van der Waals surface area contributed by atoms with Gasteiger partial charge in [0, 0.05) is 0 Å². The molecule has 146 valence electrons. The highest BCUT2D eigenvalue weighted by atomic mass is 35.5. The van der Waals surface area contributed by atoms with Crippen LogP contribution in [-0.4, -0.2) is 31.4 Å². The number of carboxylic acids is 1. The lowest BCUT2D eigenvalue weighted by atomic mass is 9.82. The molecule has 1 N–H and O–H groups in total. The number of hydrogen-bond acceptors (Lipinski definition) is 4. The lowest BCUT2D eigenvalue weighted by molar-refractivity contribution is 0.0696. The fraction of sp³-hybridized carbons (Fsp3) is 0.381. The van der Waals surface area contributed by atoms with Gasteiger partial charge in [-0.05, 0) is 41.7 Å². The largest absolute Gasteiger partial charge is 0.493 e. The summed E-state index contributed by atoms with van der Waals surface area (Å²) in [4.78, 5) is 11.1. The summed E-state index contributed by atoms with van der Waals surface area (Å²) in [5.41, 5.74) is 1.44. The van der Waals surface area contributed by atoms with Crippen LogP contribution in [0.1, 0.15) is 43.1 Å². The van der Waals surface area contributed by atoms with Crippen molar-refractivity contribution in [2.24, 2.45) is 0 Å². The second kappa shape index (κ2) is 9.00. The first-order chi connectivity index (χ1) is 12.8. The third kappa shape index (κ3) is 5.30. The quantitative estimate of drug-likeness (QED) is 0.595. The lowest BCUT2D eigenvalue weighted by Gasteiger charge is -2.23. The summed E-state index contributed by atoms with van der Waals surface area (Å²) < 4.78 is 16.5. The topological polar surface area (TPSA) is 65.0 Å². The maximum atomic E-state index is 11.1. The minimum absolute atomic E-state index is 0.0375. The second-order valence-corrected chi connectivity index (χ2v) is 7.16. The van der Waals surface area contributed by atoms with Crippen LogP contribution in [0.5, 0.6) is 17.2 Å². The maximum absolute atomic E-state index is 11.1. The Labute approximate surface area is 164 Å². The molecule has 0 radical (unpaired) electrons. The van der Waals surface area contributed by atoms with E-state index in [1.54, 1.807) is 0 Å². The van der Waals surface area contributed by atoms with Gasteiger partial charge < -0.3 is 19.3 Å². The molecule has 0 saturated heterocycles. The predicted molar refractivity (Wildman–Crippen MR) is 106 cm³/mol. The number of carboxylic acid groups (broad SMARTS) is 1. The Balaban J connectivity index is 1.94. The predicted octanol–water partition coefficient (Wildman–Crippen LogP) is 5.19. The molecule has 0 aliphatic carbocycles. The highest BCUT2D eigenvalue weighted by molar-refractivity contribution is 6.32. The van der Waals surface area contributed by atoms with E-state index in [2.05, 4.69) is 32.9 Å². The molecule has 0 spiro atoms. The van der Waals surface area contributed by atoms with Gasteiger partial charge in [0.15, 0.2) is 11.5 Å². The molecule has 0 aliphatic heterocycles. The SMILES string of the molecule is CCC(C)(C)c1ccc(OCCOc2c(Cl)cc(C(=O)O)cc2OC)cc1. The van der Waals surface area contributed by atoms with Crippen LogP contribution in [-0.2, 0) is 5.41 Å². The monoisotopic (exact) mass is 392 g/mol. The van der Waals surface area contributed by atoms with Crippen LogP contribution in [0.4, 0.5) is 0 Å². The van der Waals surface area contributed by atoms with Crippen molar-refractivity contribution in [1.29, 1.82) is 0 Å². The molecular formula is C21H25ClO5. The molecule has 2 rings (SSSR count). The fourth-order valence-corrected chi connectivity index (χ4v) is 2.76. The van der Waals surface area contributed by atoms with E-state index < -0.39 is 5.97 Å². The first kappa shape index (κ1) is 20.9. The first-order valence-corrected chi connectivity index (χ1v) is 9.13. The Morgan fingerprint density at radius 2 is 1.74 bits per heavy atom. The van der Waals surface area contributed by atoms with Gasteiger partial charge >= 0.3 is 5.97 Å². The average Bonchev–Trinajstić information content (AvgIpc) is 2.65. The number of benzene rings is 2. The molecular weight excluding hydrogens is 368 g/mol. The van der Waals surface area contributed by atoms with Crippen LogP contribution in [0.15, 0.2) is 36.4 Å². The molecule has 0 heterocycles. The molecule has 0 amide bonds. The molecule has 0 unspecified atom stereocenters. The maximum Gasteiger partial charge on any atom is 0.335 e. The summed E-state index contributed by atoms with van der Waals surface area (Å²) in [6.07, 6.45) is 1.06. The van der Waals surface area contributed by atoms with Gasteiger partial charge in [0.25, 0.3) is 0 Å². The van der Waals surface area contributed by atoms with Gasteiger partial charge in [0.05, 0.1) is 17.7 Å². The molecule has 6 heteroatoms. The van der Waals surface area contributed by atoms with Gasteiger partial charge in [-0.2, -0.15) is 0 Å². The highest BCUT2D eigenvalue weighted by Gasteiger charge is 2.18. The molecule has 0 aliphatic rings. The van der Waals surface area contributed by atoms with Crippen molar-refractivity contribution in [3.63, 3.8) is 0 Å². The summed E-state index contributed by atoms with van der Waals surface area (Å²) in [6.45, 7) is 7.15. The van der Waals surface area contributed by atoms with Crippen LogP contribution >= 0.6 is 11.6 Å². The Hall–Kier alpha value is -2.40. The van der Waals surface area contributed by atoms with Gasteiger partial charge in [-0.1, -0.05) is 44.5 Å². The number of hydrogen-bond donors (Lipinski definition) is 1. The van der Waals surface area contributed by atoms with E-state index in [1.807, 2.05) is 12.1 Å². The molecule has 27 heavy (non-hydrogen) atoms. The van der Waals surface area contributed by atoms with Gasteiger partial charge in [0.1, 0.15) is 19.0 Å². The standard InChI is InChI=1S/C21H25ClO5/c1-5-21(2,3)15-6-8-16(9-7-15)26-10-11-27-19-17(22)12-14(20(23)24)13-18(19)25-4/h6-9,12-13H,5,10-11H2,1-4H3,(H,23,24). The smallest absolute Gasteiger partial charge is 0.335 e. The Morgan fingerprint density at radius 1 is 1.11 bits per heavy atom. The zero-order valence-electron chi connectivity index (χ0n) is 16.0. The lowest BCUT2D eigenvalue weighted by Crippen LogP contribution is -2.15. The zero-order chi connectivity index (χ0) is 20.0. The van der Waals surface area contributed by atoms with Crippen molar-refractivity contribution in [2.45, 2.75) is 32.6 Å². The van der Waals surface area contributed by atoms with Crippen LogP contribution in [0.2, 0.25) is 5.02 Å². The molecule has 2 aromatic rings. The van der Waals surface area contributed by atoms with E-state index in [9.17, 15) is 4.79 Å². The van der Waals surface area contributed by atoms with Crippen LogP contribution < -0.4 is 14.2 Å². The summed E-state index contributed by atoms with van der Waals surface area (Å²) in [7, 11) is 1.43. The third-order valence-electron chi connectivity index (χ3n) is 4.59. The molecule has 0 bridgehead atoms. The first-order valence-electron chi connectivity index (χ1n) is 8.75. The third-order valence-corrected chi connectivity index (χ3v) is 4.88. The summed E-state index contributed by atoms with van der Waals surface area (Å²) in [6, 6.07) is 10.7. The number of halogens is 1. The van der Waals surface area contributed by atoms with E-state index in [4.69, 9.17) is 30.9 Å². The van der Waals surface area contributed by atoms with Crippen molar-refractivity contribution in [2.75, 3.05) is 20.3 Å². The minimum Gasteiger partial charge on any atom is -0.493 e. The molecule has 0 aromatic heterocycles. The minimum atomic E-state index is -1.08. The van der Waals surface area contributed by atoms with Gasteiger partial charge in [0.2, 0.25) is 0 Å². The highest BCUT2D eigenvalue weighted by Crippen LogP contribution is 2.36. The van der Waals surface area contributed by atoms with E-state index in [1.165, 1.54) is 24.8 Å². The number of methoxy groups -OCH3 is 1. The van der Waals surface area contributed by atoms with Gasteiger partial charge in [-0.15, -0.1) is 0 Å². The normalized spacial score (nSPS) is 11.1. The van der Waals surface area contributed by atoms with Gasteiger partial charge in [-0.25, -0.2) is 4.79 Å². The zero-order valence-corrected chi connectivity index (χ0v) is 16.8. The Morgan fingerprint density at radius 3 is 2.30 bits per heavy atom. The Kier molecular flexibility index (Phi) is 6.97. The molecule has 5 nitrogen and oxygen atoms in total. The average molecular weight is 393 g/mol. The van der Waals surface area contributed by atoms with Gasteiger partial charge in [-0.3, -0.25) is 0 Å². The van der Waals surface area contributed by atoms with Crippen molar-refractivity contribution in [3.8, 4) is 17.2 Å². The second-order valence-electron chi connectivity index (χ2n) is 6.75. The van der Waals surface area contributed by atoms with Crippen molar-refractivity contribution >= 4 is 17.6 Å². The number of aromatic carboxylic acids is 1. The summed E-state index contributed by atoms with van der Waals surface area (Å²) in [5.74, 6) is 0.243. The van der Waals surface area contributed by atoms with Crippen molar-refractivity contribution < 1.29 is 24.1 Å². The van der Waals surface area contributed by atoms with Crippen molar-refractivity contribution in [1.82, 2.24) is 0 Å². The number of rotatable bonds is 9. The number of carbonyl (C=O) groups is 1. The van der Waals surface area contributed by atoms with Crippen molar-refractivity contribution in [3.05, 3.63) is 52.5 Å². The van der Waals surface area contributed by atoms with Crippen LogP contribution in [0, 0.1) is 0 Å². The van der Waals surface area contributed by atoms with E-state index >= 15 is 0 Å². The van der Waals surface area contributed by atoms with Crippen LogP contribution in [0.25, 0.3) is 0 Å². The molecule has 0 saturated carbocycles. The van der Waals surface area contributed by atoms with E-state index in [-0.39, 0.29) is 28.4 Å². The fourth-order valence-electron chi connectivity index (χ4n) is 2.49. The molecule has 0 fully saturated rings. The number of ether oxygens (including phenoxy) is 3. The van der Waals surface area contributed by atoms with Crippen LogP contribution in [0.3, 0.4) is 0 Å². The van der Waals surface area contributed by atoms with E-state index in [0.29, 0.717) is 12.4 Å².